The second-order valence-electron chi connectivity index (χ2n) is 9.71. The molecule has 0 aliphatic rings. The number of nitrogens with one attached hydrogen (secondary N) is 1. The standard InChI is InChI=1S/C27H32N6OS/c1-18-24(19(2)32(6)31-18)28-23(34)17-35-26-30-29-25(33(26)16-20-10-8-7-9-11-20)21-12-14-22(15-13-21)27(3,4)5/h7-15H,16-17H2,1-6H3,(H,28,34). The number of anilines is 1. The number of thioether (sulfide) groups is 1. The third-order valence-corrected chi connectivity index (χ3v) is 6.98. The van der Waals surface area contributed by atoms with Crippen LogP contribution in [0.15, 0.2) is 59.8 Å². The van der Waals surface area contributed by atoms with Crippen LogP contribution in [0.3, 0.4) is 0 Å². The highest BCUT2D eigenvalue weighted by molar-refractivity contribution is 7.99. The van der Waals surface area contributed by atoms with Crippen molar-refractivity contribution in [1.82, 2.24) is 24.5 Å². The lowest BCUT2D eigenvalue weighted by molar-refractivity contribution is -0.113. The summed E-state index contributed by atoms with van der Waals surface area (Å²) < 4.78 is 3.85. The average molecular weight is 489 g/mol. The fraction of sp³-hybridized carbons (Fsp3) is 0.333. The molecule has 0 saturated heterocycles. The van der Waals surface area contributed by atoms with Crippen LogP contribution in [-0.2, 0) is 23.8 Å². The highest BCUT2D eigenvalue weighted by Gasteiger charge is 2.19. The van der Waals surface area contributed by atoms with Gasteiger partial charge in [0.25, 0.3) is 0 Å². The fourth-order valence-electron chi connectivity index (χ4n) is 3.90. The van der Waals surface area contributed by atoms with Gasteiger partial charge in [-0.2, -0.15) is 5.10 Å². The van der Waals surface area contributed by atoms with Crippen LogP contribution in [-0.4, -0.2) is 36.2 Å². The monoisotopic (exact) mass is 488 g/mol. The van der Waals surface area contributed by atoms with Crippen LogP contribution >= 0.6 is 11.8 Å². The highest BCUT2D eigenvalue weighted by atomic mass is 32.2. The van der Waals surface area contributed by atoms with Crippen LogP contribution in [0.4, 0.5) is 5.69 Å². The summed E-state index contributed by atoms with van der Waals surface area (Å²) in [5.41, 5.74) is 5.99. The maximum absolute atomic E-state index is 12.8. The molecule has 0 fully saturated rings. The van der Waals surface area contributed by atoms with Gasteiger partial charge in [-0.25, -0.2) is 0 Å². The summed E-state index contributed by atoms with van der Waals surface area (Å²) in [6.45, 7) is 11.1. The molecule has 0 aliphatic heterocycles. The molecular weight excluding hydrogens is 456 g/mol. The van der Waals surface area contributed by atoms with Crippen molar-refractivity contribution in [3.63, 3.8) is 0 Å². The first-order valence-electron chi connectivity index (χ1n) is 11.6. The number of nitrogens with zero attached hydrogens (tertiary/aromatic N) is 5. The van der Waals surface area contributed by atoms with E-state index in [1.54, 1.807) is 4.68 Å². The van der Waals surface area contributed by atoms with Crippen molar-refractivity contribution >= 4 is 23.4 Å². The topological polar surface area (TPSA) is 77.6 Å². The summed E-state index contributed by atoms with van der Waals surface area (Å²) in [6, 6.07) is 18.7. The minimum atomic E-state index is -0.0976. The fourth-order valence-corrected chi connectivity index (χ4v) is 4.63. The third kappa shape index (κ3) is 5.65. The molecule has 8 heteroatoms. The zero-order valence-corrected chi connectivity index (χ0v) is 22.0. The molecule has 0 spiro atoms. The van der Waals surface area contributed by atoms with Gasteiger partial charge >= 0.3 is 0 Å². The first-order valence-corrected chi connectivity index (χ1v) is 12.6. The van der Waals surface area contributed by atoms with Crippen LogP contribution in [0.5, 0.6) is 0 Å². The van der Waals surface area contributed by atoms with Gasteiger partial charge in [0.2, 0.25) is 5.91 Å². The van der Waals surface area contributed by atoms with E-state index in [0.29, 0.717) is 11.7 Å². The molecule has 0 radical (unpaired) electrons. The van der Waals surface area contributed by atoms with E-state index in [1.807, 2.05) is 39.1 Å². The Hall–Kier alpha value is -3.39. The first kappa shape index (κ1) is 24.7. The normalized spacial score (nSPS) is 11.6. The SMILES string of the molecule is Cc1nn(C)c(C)c1NC(=O)CSc1nnc(-c2ccc(C(C)(C)C)cc2)n1Cc1ccccc1. The first-order chi connectivity index (χ1) is 16.6. The van der Waals surface area contributed by atoms with Gasteiger partial charge in [0.05, 0.1) is 29.4 Å². The largest absolute Gasteiger partial charge is 0.322 e. The van der Waals surface area contributed by atoms with Crippen LogP contribution in [0.2, 0.25) is 0 Å². The Bertz CT molecular complexity index is 1320. The quantitative estimate of drug-likeness (QED) is 0.354. The predicted octanol–water partition coefficient (Wildman–Crippen LogP) is 5.37. The van der Waals surface area contributed by atoms with Crippen molar-refractivity contribution in [1.29, 1.82) is 0 Å². The predicted molar refractivity (Wildman–Crippen MR) is 142 cm³/mol. The van der Waals surface area contributed by atoms with Crippen molar-refractivity contribution in [2.24, 2.45) is 7.05 Å². The number of carbonyl (C=O) groups is 1. The van der Waals surface area contributed by atoms with Crippen molar-refractivity contribution in [3.05, 3.63) is 77.1 Å². The molecule has 182 valence electrons. The number of hydrogen-bond donors (Lipinski definition) is 1. The summed E-state index contributed by atoms with van der Waals surface area (Å²) in [7, 11) is 1.87. The summed E-state index contributed by atoms with van der Waals surface area (Å²) in [5.74, 6) is 0.916. The maximum atomic E-state index is 12.8. The summed E-state index contributed by atoms with van der Waals surface area (Å²) in [6.07, 6.45) is 0. The van der Waals surface area contributed by atoms with Gasteiger partial charge in [0.1, 0.15) is 0 Å². The molecule has 1 amide bonds. The molecule has 7 nitrogen and oxygen atoms in total. The molecule has 35 heavy (non-hydrogen) atoms. The maximum Gasteiger partial charge on any atom is 0.234 e. The molecule has 4 rings (SSSR count). The van der Waals surface area contributed by atoms with Gasteiger partial charge in [-0.05, 0) is 30.4 Å². The molecule has 1 N–H and O–H groups in total. The molecule has 2 heterocycles. The van der Waals surface area contributed by atoms with E-state index in [-0.39, 0.29) is 17.1 Å². The second-order valence-corrected chi connectivity index (χ2v) is 10.7. The second kappa shape index (κ2) is 10.1. The Morgan fingerprint density at radius 2 is 1.69 bits per heavy atom. The highest BCUT2D eigenvalue weighted by Crippen LogP contribution is 2.29. The number of benzene rings is 2. The van der Waals surface area contributed by atoms with E-state index in [9.17, 15) is 4.79 Å². The summed E-state index contributed by atoms with van der Waals surface area (Å²) in [4.78, 5) is 12.8. The molecule has 4 aromatic rings. The van der Waals surface area contributed by atoms with Crippen LogP contribution in [0, 0.1) is 13.8 Å². The zero-order valence-electron chi connectivity index (χ0n) is 21.2. The minimum absolute atomic E-state index is 0.0790. The van der Waals surface area contributed by atoms with E-state index in [0.717, 1.165) is 34.0 Å². The summed E-state index contributed by atoms with van der Waals surface area (Å²) in [5, 5.41) is 17.0. The Morgan fingerprint density at radius 3 is 2.29 bits per heavy atom. The van der Waals surface area contributed by atoms with Crippen molar-refractivity contribution in [2.75, 3.05) is 11.1 Å². The molecule has 0 unspecified atom stereocenters. The molecule has 0 aliphatic carbocycles. The van der Waals surface area contributed by atoms with E-state index in [2.05, 4.69) is 82.3 Å². The van der Waals surface area contributed by atoms with Gasteiger partial charge in [-0.1, -0.05) is 87.1 Å². The molecule has 2 aromatic carbocycles. The number of aromatic nitrogens is 5. The van der Waals surface area contributed by atoms with Crippen LogP contribution in [0.25, 0.3) is 11.4 Å². The molecule has 0 bridgehead atoms. The van der Waals surface area contributed by atoms with Crippen LogP contribution < -0.4 is 5.32 Å². The lowest BCUT2D eigenvalue weighted by Crippen LogP contribution is -2.16. The van der Waals surface area contributed by atoms with Crippen molar-refractivity contribution in [2.45, 2.75) is 51.7 Å². The number of rotatable bonds is 7. The van der Waals surface area contributed by atoms with Gasteiger partial charge in [0.15, 0.2) is 11.0 Å². The molecule has 0 atom stereocenters. The van der Waals surface area contributed by atoms with Gasteiger partial charge in [-0.15, -0.1) is 10.2 Å². The average Bonchev–Trinajstić information content (AvgIpc) is 3.33. The van der Waals surface area contributed by atoms with Gasteiger partial charge in [0, 0.05) is 12.6 Å². The van der Waals surface area contributed by atoms with Crippen LogP contribution in [0.1, 0.15) is 43.3 Å². The van der Waals surface area contributed by atoms with E-state index >= 15 is 0 Å². The zero-order chi connectivity index (χ0) is 25.2. The van der Waals surface area contributed by atoms with Gasteiger partial charge in [-0.3, -0.25) is 14.0 Å². The summed E-state index contributed by atoms with van der Waals surface area (Å²) >= 11 is 1.39. The number of amides is 1. The van der Waals surface area contributed by atoms with E-state index in [1.165, 1.54) is 17.3 Å². The number of carbonyl (C=O) groups excluding carboxylic acids is 1. The molecule has 2 aromatic heterocycles. The lowest BCUT2D eigenvalue weighted by Gasteiger charge is -2.19. The minimum Gasteiger partial charge on any atom is -0.322 e. The Kier molecular flexibility index (Phi) is 7.12. The Morgan fingerprint density at radius 1 is 1.00 bits per heavy atom. The lowest BCUT2D eigenvalue weighted by atomic mass is 9.87. The molecular formula is C27H32N6OS. The van der Waals surface area contributed by atoms with Gasteiger partial charge < -0.3 is 5.32 Å². The van der Waals surface area contributed by atoms with Crippen molar-refractivity contribution < 1.29 is 4.79 Å². The molecule has 0 saturated carbocycles. The Labute approximate surface area is 211 Å². The Balaban J connectivity index is 1.58. The number of hydrogen-bond acceptors (Lipinski definition) is 5. The number of aryl methyl sites for hydroxylation is 2. The third-order valence-electron chi connectivity index (χ3n) is 6.02. The smallest absolute Gasteiger partial charge is 0.234 e. The van der Waals surface area contributed by atoms with E-state index in [4.69, 9.17) is 0 Å². The van der Waals surface area contributed by atoms with Crippen molar-refractivity contribution in [3.8, 4) is 11.4 Å². The van der Waals surface area contributed by atoms with E-state index < -0.39 is 0 Å².